The van der Waals surface area contributed by atoms with E-state index in [1.165, 1.54) is 5.56 Å². The van der Waals surface area contributed by atoms with Crippen molar-refractivity contribution in [2.24, 2.45) is 11.7 Å². The summed E-state index contributed by atoms with van der Waals surface area (Å²) in [5.74, 6) is -0.166. The highest BCUT2D eigenvalue weighted by atomic mass is 16.5. The van der Waals surface area contributed by atoms with E-state index < -0.39 is 0 Å². The van der Waals surface area contributed by atoms with E-state index in [1.807, 2.05) is 30.3 Å². The smallest absolute Gasteiger partial charge is 0.220 e. The molecule has 15 heavy (non-hydrogen) atoms. The van der Waals surface area contributed by atoms with Gasteiger partial charge in [-0.25, -0.2) is 0 Å². The third-order valence-corrected chi connectivity index (χ3v) is 2.83. The van der Waals surface area contributed by atoms with Crippen molar-refractivity contribution in [2.75, 3.05) is 0 Å². The molecule has 2 rings (SSSR count). The van der Waals surface area contributed by atoms with Crippen LogP contribution >= 0.6 is 0 Å². The van der Waals surface area contributed by atoms with E-state index in [0.29, 0.717) is 6.61 Å². The summed E-state index contributed by atoms with van der Waals surface area (Å²) in [6, 6.07) is 10.0. The quantitative estimate of drug-likeness (QED) is 0.809. The number of hydrogen-bond donors (Lipinski definition) is 1. The van der Waals surface area contributed by atoms with E-state index in [4.69, 9.17) is 10.5 Å². The van der Waals surface area contributed by atoms with Crippen molar-refractivity contribution < 1.29 is 9.53 Å². The Morgan fingerprint density at radius 1 is 1.33 bits per heavy atom. The maximum absolute atomic E-state index is 10.8. The summed E-state index contributed by atoms with van der Waals surface area (Å²) in [6.07, 6.45) is 1.77. The lowest BCUT2D eigenvalue weighted by Crippen LogP contribution is -2.39. The van der Waals surface area contributed by atoms with E-state index in [1.54, 1.807) is 0 Å². The fourth-order valence-electron chi connectivity index (χ4n) is 1.72. The van der Waals surface area contributed by atoms with Gasteiger partial charge in [-0.15, -0.1) is 0 Å². The molecule has 0 aromatic heterocycles. The lowest BCUT2D eigenvalue weighted by atomic mass is 9.82. The summed E-state index contributed by atoms with van der Waals surface area (Å²) < 4.78 is 5.64. The zero-order valence-electron chi connectivity index (χ0n) is 8.56. The number of primary amides is 1. The Kier molecular flexibility index (Phi) is 3.02. The number of hydrogen-bond acceptors (Lipinski definition) is 2. The van der Waals surface area contributed by atoms with Gasteiger partial charge < -0.3 is 10.5 Å². The number of amides is 1. The van der Waals surface area contributed by atoms with Crippen molar-refractivity contribution in [1.29, 1.82) is 0 Å². The molecule has 80 valence electrons. The fourth-order valence-corrected chi connectivity index (χ4v) is 1.72. The molecule has 0 aliphatic heterocycles. The average molecular weight is 205 g/mol. The molecule has 0 bridgehead atoms. The maximum Gasteiger partial charge on any atom is 0.220 e. The van der Waals surface area contributed by atoms with Crippen molar-refractivity contribution in [3.8, 4) is 0 Å². The first-order valence-corrected chi connectivity index (χ1v) is 5.20. The van der Waals surface area contributed by atoms with E-state index in [2.05, 4.69) is 0 Å². The van der Waals surface area contributed by atoms with E-state index in [9.17, 15) is 4.79 Å². The SMILES string of the molecule is NC(=O)C1CC(OCc2ccccc2)C1. The van der Waals surface area contributed by atoms with Crippen LogP contribution in [0.15, 0.2) is 30.3 Å². The molecule has 1 fully saturated rings. The molecule has 3 nitrogen and oxygen atoms in total. The summed E-state index contributed by atoms with van der Waals surface area (Å²) in [4.78, 5) is 10.8. The molecule has 1 aliphatic carbocycles. The largest absolute Gasteiger partial charge is 0.373 e. The van der Waals surface area contributed by atoms with Crippen LogP contribution in [-0.2, 0) is 16.1 Å². The van der Waals surface area contributed by atoms with Crippen molar-refractivity contribution >= 4 is 5.91 Å². The van der Waals surface area contributed by atoms with E-state index in [-0.39, 0.29) is 17.9 Å². The van der Waals surface area contributed by atoms with Gasteiger partial charge in [-0.1, -0.05) is 30.3 Å². The minimum atomic E-state index is -0.199. The summed E-state index contributed by atoms with van der Waals surface area (Å²) in [6.45, 7) is 0.622. The Labute approximate surface area is 89.2 Å². The van der Waals surface area contributed by atoms with Crippen molar-refractivity contribution in [2.45, 2.75) is 25.6 Å². The first-order chi connectivity index (χ1) is 7.25. The van der Waals surface area contributed by atoms with Gasteiger partial charge in [0, 0.05) is 5.92 Å². The summed E-state index contributed by atoms with van der Waals surface area (Å²) in [7, 11) is 0. The number of benzene rings is 1. The zero-order chi connectivity index (χ0) is 10.7. The van der Waals surface area contributed by atoms with Crippen LogP contribution in [0, 0.1) is 5.92 Å². The molecule has 1 aliphatic rings. The second kappa shape index (κ2) is 4.45. The maximum atomic E-state index is 10.8. The molecule has 2 N–H and O–H groups in total. The molecule has 0 saturated heterocycles. The molecule has 0 heterocycles. The monoisotopic (exact) mass is 205 g/mol. The van der Waals surface area contributed by atoms with Crippen LogP contribution in [0.2, 0.25) is 0 Å². The Bertz CT molecular complexity index is 331. The molecule has 0 spiro atoms. The van der Waals surface area contributed by atoms with Crippen LogP contribution in [0.3, 0.4) is 0 Å². The summed E-state index contributed by atoms with van der Waals surface area (Å²) in [5.41, 5.74) is 6.34. The standard InChI is InChI=1S/C12H15NO2/c13-12(14)10-6-11(7-10)15-8-9-4-2-1-3-5-9/h1-5,10-11H,6-8H2,(H2,13,14). The van der Waals surface area contributed by atoms with Crippen LogP contribution in [0.4, 0.5) is 0 Å². The van der Waals surface area contributed by atoms with Gasteiger partial charge in [0.25, 0.3) is 0 Å². The third kappa shape index (κ3) is 2.57. The van der Waals surface area contributed by atoms with Crippen molar-refractivity contribution in [3.63, 3.8) is 0 Å². The van der Waals surface area contributed by atoms with Gasteiger partial charge >= 0.3 is 0 Å². The molecular weight excluding hydrogens is 190 g/mol. The van der Waals surface area contributed by atoms with Gasteiger partial charge in [-0.3, -0.25) is 4.79 Å². The molecule has 1 aromatic carbocycles. The Morgan fingerprint density at radius 3 is 2.60 bits per heavy atom. The molecule has 3 heteroatoms. The Hall–Kier alpha value is -1.35. The normalized spacial score (nSPS) is 24.5. The van der Waals surface area contributed by atoms with Crippen molar-refractivity contribution in [3.05, 3.63) is 35.9 Å². The number of rotatable bonds is 4. The van der Waals surface area contributed by atoms with Gasteiger partial charge in [0.15, 0.2) is 0 Å². The Morgan fingerprint density at radius 2 is 2.00 bits per heavy atom. The molecule has 0 radical (unpaired) electrons. The van der Waals surface area contributed by atoms with Crippen LogP contribution in [0.5, 0.6) is 0 Å². The predicted octanol–water partition coefficient (Wildman–Crippen LogP) is 1.47. The third-order valence-electron chi connectivity index (χ3n) is 2.83. The van der Waals surface area contributed by atoms with Crippen molar-refractivity contribution in [1.82, 2.24) is 0 Å². The predicted molar refractivity (Wildman–Crippen MR) is 56.9 cm³/mol. The highest BCUT2D eigenvalue weighted by Crippen LogP contribution is 2.30. The lowest BCUT2D eigenvalue weighted by molar-refractivity contribution is -0.131. The van der Waals surface area contributed by atoms with Gasteiger partial charge in [-0.2, -0.15) is 0 Å². The lowest BCUT2D eigenvalue weighted by Gasteiger charge is -2.32. The Balaban J connectivity index is 1.71. The number of carbonyl (C=O) groups excluding carboxylic acids is 1. The second-order valence-electron chi connectivity index (χ2n) is 3.99. The van der Waals surface area contributed by atoms with Crippen LogP contribution < -0.4 is 5.73 Å². The van der Waals surface area contributed by atoms with Crippen LogP contribution in [-0.4, -0.2) is 12.0 Å². The fraction of sp³-hybridized carbons (Fsp3) is 0.417. The molecule has 1 saturated carbocycles. The minimum Gasteiger partial charge on any atom is -0.373 e. The van der Waals surface area contributed by atoms with Gasteiger partial charge in [0.05, 0.1) is 12.7 Å². The number of ether oxygens (including phenoxy) is 1. The number of carbonyl (C=O) groups is 1. The minimum absolute atomic E-state index is 0.0331. The van der Waals surface area contributed by atoms with E-state index in [0.717, 1.165) is 12.8 Å². The summed E-state index contributed by atoms with van der Waals surface area (Å²) >= 11 is 0. The van der Waals surface area contributed by atoms with Gasteiger partial charge in [0.2, 0.25) is 5.91 Å². The molecule has 1 amide bonds. The first kappa shape index (κ1) is 10.2. The molecule has 0 atom stereocenters. The summed E-state index contributed by atoms with van der Waals surface area (Å²) in [5, 5.41) is 0. The van der Waals surface area contributed by atoms with Gasteiger partial charge in [-0.05, 0) is 18.4 Å². The highest BCUT2D eigenvalue weighted by Gasteiger charge is 2.33. The second-order valence-corrected chi connectivity index (χ2v) is 3.99. The van der Waals surface area contributed by atoms with Crippen LogP contribution in [0.25, 0.3) is 0 Å². The van der Waals surface area contributed by atoms with E-state index >= 15 is 0 Å². The van der Waals surface area contributed by atoms with Crippen LogP contribution in [0.1, 0.15) is 18.4 Å². The topological polar surface area (TPSA) is 52.3 Å². The zero-order valence-corrected chi connectivity index (χ0v) is 8.56. The molecular formula is C12H15NO2. The highest BCUT2D eigenvalue weighted by molar-refractivity contribution is 5.77. The average Bonchev–Trinajstić information content (AvgIpc) is 2.16. The molecule has 0 unspecified atom stereocenters. The number of nitrogens with two attached hydrogens (primary N) is 1. The molecule has 1 aromatic rings. The first-order valence-electron chi connectivity index (χ1n) is 5.20. The van der Waals surface area contributed by atoms with Gasteiger partial charge in [0.1, 0.15) is 0 Å².